The Bertz CT molecular complexity index is 516. The van der Waals surface area contributed by atoms with Crippen LogP contribution in [0, 0.1) is 11.3 Å². The van der Waals surface area contributed by atoms with Crippen LogP contribution in [0.2, 0.25) is 0 Å². The standard InChI is InChI=1S/C10H9NO3S/c1-15(12,13)10(8-11)6-2-4-9-5-3-7-14-9/h2-7H,1H3/b4-2+,10-6-. The SMILES string of the molecule is CS(=O)(=O)/C(C#N)=C\C=C\c1ccco1. The Hall–Kier alpha value is -1.80. The van der Waals surface area contributed by atoms with Crippen molar-refractivity contribution in [2.75, 3.05) is 6.26 Å². The van der Waals surface area contributed by atoms with E-state index in [1.54, 1.807) is 24.3 Å². The third-order valence-corrected chi connectivity index (χ3v) is 2.59. The first kappa shape index (κ1) is 11.3. The summed E-state index contributed by atoms with van der Waals surface area (Å²) in [6.45, 7) is 0. The van der Waals surface area contributed by atoms with Gasteiger partial charge >= 0.3 is 0 Å². The summed E-state index contributed by atoms with van der Waals surface area (Å²) in [5.41, 5.74) is 0. The van der Waals surface area contributed by atoms with Gasteiger partial charge in [-0.3, -0.25) is 0 Å². The van der Waals surface area contributed by atoms with Gasteiger partial charge in [-0.05, 0) is 24.3 Å². The Labute approximate surface area is 88.1 Å². The number of furan rings is 1. The van der Waals surface area contributed by atoms with Crippen LogP contribution >= 0.6 is 0 Å². The quantitative estimate of drug-likeness (QED) is 0.578. The Morgan fingerprint density at radius 3 is 2.80 bits per heavy atom. The number of nitriles is 1. The first-order valence-corrected chi connectivity index (χ1v) is 5.95. The molecule has 5 heteroatoms. The van der Waals surface area contributed by atoms with Gasteiger partial charge in [-0.2, -0.15) is 5.26 Å². The fourth-order valence-electron chi connectivity index (χ4n) is 0.860. The van der Waals surface area contributed by atoms with Crippen molar-refractivity contribution in [1.29, 1.82) is 5.26 Å². The summed E-state index contributed by atoms with van der Waals surface area (Å²) < 4.78 is 27.0. The van der Waals surface area contributed by atoms with Gasteiger partial charge in [0.1, 0.15) is 16.7 Å². The predicted molar refractivity (Wildman–Crippen MR) is 56.3 cm³/mol. The van der Waals surface area contributed by atoms with Crippen molar-refractivity contribution in [2.45, 2.75) is 0 Å². The van der Waals surface area contributed by atoms with Crippen LogP contribution in [0.15, 0.2) is 39.9 Å². The second-order valence-electron chi connectivity index (χ2n) is 2.79. The molecule has 1 rings (SSSR count). The molecule has 1 aromatic heterocycles. The fourth-order valence-corrected chi connectivity index (χ4v) is 1.35. The summed E-state index contributed by atoms with van der Waals surface area (Å²) in [7, 11) is -3.44. The Kier molecular flexibility index (Phi) is 3.47. The topological polar surface area (TPSA) is 71.1 Å². The molecular weight excluding hydrogens is 214 g/mol. The highest BCUT2D eigenvalue weighted by Crippen LogP contribution is 2.06. The Morgan fingerprint density at radius 1 is 1.60 bits per heavy atom. The largest absolute Gasteiger partial charge is 0.465 e. The molecular formula is C10H9NO3S. The number of hydrogen-bond donors (Lipinski definition) is 0. The molecule has 0 amide bonds. The monoisotopic (exact) mass is 223 g/mol. The highest BCUT2D eigenvalue weighted by molar-refractivity contribution is 7.94. The third-order valence-electron chi connectivity index (χ3n) is 1.56. The summed E-state index contributed by atoms with van der Waals surface area (Å²) in [6, 6.07) is 5.05. The second kappa shape index (κ2) is 4.62. The van der Waals surface area contributed by atoms with E-state index in [9.17, 15) is 8.42 Å². The molecule has 78 valence electrons. The summed E-state index contributed by atoms with van der Waals surface area (Å²) in [6.07, 6.45) is 6.76. The van der Waals surface area contributed by atoms with Crippen molar-refractivity contribution in [3.63, 3.8) is 0 Å². The van der Waals surface area contributed by atoms with Gasteiger partial charge in [0, 0.05) is 6.26 Å². The lowest BCUT2D eigenvalue weighted by Gasteiger charge is -1.90. The molecule has 0 aliphatic carbocycles. The second-order valence-corrected chi connectivity index (χ2v) is 4.77. The maximum absolute atomic E-state index is 11.0. The van der Waals surface area contributed by atoms with Crippen LogP contribution < -0.4 is 0 Å². The van der Waals surface area contributed by atoms with Crippen molar-refractivity contribution in [3.05, 3.63) is 41.2 Å². The molecule has 0 aliphatic heterocycles. The Balaban J connectivity index is 2.86. The van der Waals surface area contributed by atoms with E-state index in [2.05, 4.69) is 0 Å². The molecule has 0 saturated carbocycles. The zero-order valence-electron chi connectivity index (χ0n) is 8.04. The van der Waals surface area contributed by atoms with Gasteiger partial charge in [-0.15, -0.1) is 0 Å². The van der Waals surface area contributed by atoms with E-state index in [0.29, 0.717) is 5.76 Å². The van der Waals surface area contributed by atoms with Gasteiger partial charge < -0.3 is 4.42 Å². The van der Waals surface area contributed by atoms with Gasteiger partial charge in [-0.1, -0.05) is 6.08 Å². The summed E-state index contributed by atoms with van der Waals surface area (Å²) in [5.74, 6) is 0.594. The lowest BCUT2D eigenvalue weighted by Crippen LogP contribution is -1.97. The molecule has 0 N–H and O–H groups in total. The van der Waals surface area contributed by atoms with Gasteiger partial charge in [0.05, 0.1) is 6.26 Å². The van der Waals surface area contributed by atoms with Crippen molar-refractivity contribution in [3.8, 4) is 6.07 Å². The first-order valence-electron chi connectivity index (χ1n) is 4.06. The minimum absolute atomic E-state index is 0.273. The molecule has 0 unspecified atom stereocenters. The van der Waals surface area contributed by atoms with Crippen LogP contribution in [-0.2, 0) is 9.84 Å². The van der Waals surface area contributed by atoms with Crippen molar-refractivity contribution < 1.29 is 12.8 Å². The first-order chi connectivity index (χ1) is 7.04. The van der Waals surface area contributed by atoms with Gasteiger partial charge in [0.2, 0.25) is 0 Å². The fraction of sp³-hybridized carbons (Fsp3) is 0.100. The number of nitrogens with zero attached hydrogens (tertiary/aromatic N) is 1. The molecule has 0 bridgehead atoms. The average Bonchev–Trinajstić information content (AvgIpc) is 2.62. The maximum Gasteiger partial charge on any atom is 0.185 e. The van der Waals surface area contributed by atoms with Crippen LogP contribution in [-0.4, -0.2) is 14.7 Å². The smallest absolute Gasteiger partial charge is 0.185 e. The summed E-state index contributed by atoms with van der Waals surface area (Å²) >= 11 is 0. The van der Waals surface area contributed by atoms with Crippen LogP contribution in [0.5, 0.6) is 0 Å². The van der Waals surface area contributed by atoms with E-state index in [4.69, 9.17) is 9.68 Å². The lowest BCUT2D eigenvalue weighted by atomic mass is 10.4. The van der Waals surface area contributed by atoms with E-state index in [-0.39, 0.29) is 4.91 Å². The zero-order valence-corrected chi connectivity index (χ0v) is 8.86. The van der Waals surface area contributed by atoms with Crippen LogP contribution in [0.25, 0.3) is 6.08 Å². The van der Waals surface area contributed by atoms with Crippen molar-refractivity contribution in [2.24, 2.45) is 0 Å². The molecule has 15 heavy (non-hydrogen) atoms. The minimum atomic E-state index is -3.44. The van der Waals surface area contributed by atoms with E-state index < -0.39 is 9.84 Å². The number of hydrogen-bond acceptors (Lipinski definition) is 4. The highest BCUT2D eigenvalue weighted by atomic mass is 32.2. The van der Waals surface area contributed by atoms with Crippen LogP contribution in [0.1, 0.15) is 5.76 Å². The Morgan fingerprint density at radius 2 is 2.33 bits per heavy atom. The normalized spacial score (nSPS) is 12.9. The summed E-state index contributed by atoms with van der Waals surface area (Å²) in [5, 5.41) is 8.56. The number of allylic oxidation sites excluding steroid dienone is 3. The summed E-state index contributed by atoms with van der Waals surface area (Å²) in [4.78, 5) is -0.273. The zero-order chi connectivity index (χ0) is 11.3. The molecule has 0 fully saturated rings. The molecule has 0 atom stereocenters. The van der Waals surface area contributed by atoms with Crippen LogP contribution in [0.3, 0.4) is 0 Å². The lowest BCUT2D eigenvalue weighted by molar-refractivity contribution is 0.557. The molecule has 0 saturated heterocycles. The molecule has 1 aromatic rings. The van der Waals surface area contributed by atoms with Crippen LogP contribution in [0.4, 0.5) is 0 Å². The maximum atomic E-state index is 11.0. The number of rotatable bonds is 3. The predicted octanol–water partition coefficient (Wildman–Crippen LogP) is 1.74. The third kappa shape index (κ3) is 3.44. The molecule has 0 aliphatic rings. The van der Waals surface area contributed by atoms with Crippen molar-refractivity contribution >= 4 is 15.9 Å². The van der Waals surface area contributed by atoms with Gasteiger partial charge in [-0.25, -0.2) is 8.42 Å². The molecule has 0 spiro atoms. The highest BCUT2D eigenvalue weighted by Gasteiger charge is 2.08. The van der Waals surface area contributed by atoms with E-state index in [0.717, 1.165) is 6.26 Å². The molecule has 0 radical (unpaired) electrons. The van der Waals surface area contributed by atoms with Gasteiger partial charge in [0.15, 0.2) is 9.84 Å². The van der Waals surface area contributed by atoms with Crippen molar-refractivity contribution in [1.82, 2.24) is 0 Å². The number of sulfone groups is 1. The van der Waals surface area contributed by atoms with E-state index in [1.807, 2.05) is 0 Å². The van der Waals surface area contributed by atoms with E-state index >= 15 is 0 Å². The van der Waals surface area contributed by atoms with Gasteiger partial charge in [0.25, 0.3) is 0 Å². The molecule has 0 aromatic carbocycles. The average molecular weight is 223 g/mol. The molecule has 1 heterocycles. The van der Waals surface area contributed by atoms with E-state index in [1.165, 1.54) is 18.4 Å². The minimum Gasteiger partial charge on any atom is -0.465 e. The molecule has 4 nitrogen and oxygen atoms in total.